The van der Waals surface area contributed by atoms with E-state index >= 15 is 0 Å². The zero-order valence-electron chi connectivity index (χ0n) is 36.1. The number of nitrogens with zero attached hydrogens (tertiary/aromatic N) is 2. The average Bonchev–Trinajstić information content (AvgIpc) is 4.08. The minimum Gasteiger partial charge on any atom is -0.480 e. The summed E-state index contributed by atoms with van der Waals surface area (Å²) in [5, 5.41) is 63.9. The molecule has 64 heavy (non-hydrogen) atoms. The lowest BCUT2D eigenvalue weighted by Crippen LogP contribution is -2.32. The minimum absolute atomic E-state index is 0.190. The van der Waals surface area contributed by atoms with Crippen molar-refractivity contribution in [3.05, 3.63) is 36.4 Å². The lowest BCUT2D eigenvalue weighted by atomic mass is 10.1. The van der Waals surface area contributed by atoms with Crippen molar-refractivity contribution in [2.45, 2.75) is 120 Å². The third kappa shape index (κ3) is 36.2. The molecule has 0 saturated carbocycles. The van der Waals surface area contributed by atoms with Crippen LogP contribution in [0, 0.1) is 5.92 Å². The van der Waals surface area contributed by atoms with Gasteiger partial charge < -0.3 is 90.7 Å². The number of aromatic nitrogens is 4. The number of carbonyl (C=O) groups is 7. The number of nitrogens with two attached hydrogens (primary N) is 6. The maximum Gasteiger partial charge on any atom is 0.321 e. The van der Waals surface area contributed by atoms with Gasteiger partial charge in [-0.1, -0.05) is 20.3 Å². The molecule has 2 saturated heterocycles. The van der Waals surface area contributed by atoms with Crippen LogP contribution in [0.25, 0.3) is 0 Å². The number of thiol groups is 1. The second-order valence-corrected chi connectivity index (χ2v) is 14.7. The molecular weight excluding hydrogens is 869 g/mol. The van der Waals surface area contributed by atoms with Crippen molar-refractivity contribution >= 4 is 54.4 Å². The quantitative estimate of drug-likeness (QED) is 0.0551. The molecule has 2 aliphatic rings. The molecule has 2 fully saturated rings. The molecule has 0 amide bonds. The zero-order valence-corrected chi connectivity index (χ0v) is 37.0. The monoisotopic (exact) mass is 938 g/mol. The Labute approximate surface area is 376 Å². The summed E-state index contributed by atoms with van der Waals surface area (Å²) in [7, 11) is 0. The van der Waals surface area contributed by atoms with E-state index in [1.54, 1.807) is 12.4 Å². The summed E-state index contributed by atoms with van der Waals surface area (Å²) in [5.41, 5.74) is 32.4. The van der Waals surface area contributed by atoms with Gasteiger partial charge in [0, 0.05) is 31.0 Å². The minimum atomic E-state index is -1.01. The van der Waals surface area contributed by atoms with Crippen LogP contribution in [0.4, 0.5) is 0 Å². The van der Waals surface area contributed by atoms with Gasteiger partial charge >= 0.3 is 41.8 Å². The Morgan fingerprint density at radius 1 is 0.625 bits per heavy atom. The molecule has 7 atom stereocenters. The fraction of sp³-hybridized carbons (Fsp3) is 0.649. The molecule has 0 spiro atoms. The van der Waals surface area contributed by atoms with Gasteiger partial charge in [-0.25, -0.2) is 9.97 Å². The topological polar surface area (TPSA) is 499 Å². The molecule has 2 aromatic rings. The van der Waals surface area contributed by atoms with Gasteiger partial charge in [-0.2, -0.15) is 12.6 Å². The van der Waals surface area contributed by atoms with Crippen molar-refractivity contribution < 1.29 is 69.3 Å². The van der Waals surface area contributed by atoms with Crippen molar-refractivity contribution in [2.75, 3.05) is 25.4 Å². The first-order chi connectivity index (χ1) is 29.9. The standard InChI is InChI=1S/2C6H9N3O2.C6H14N2O2.C6H13NO2.2C5H9NO2.C3H7NO2S/c2*7-5(6(10)11)1-4-2-8-3-9-4;7-4-2-1-3-5(8)6(9)10;1-4(2)3-5(7)6(8)9;2*7-5(8)4-2-1-3-6-4;4-2(1-7)3(5)6/h2*2-3,5H,1,7H2,(H,8,9)(H,10,11);5H,1-4,7-8H2,(H,9,10);4-5H,3,7H2,1-2H3,(H,8,9);2*4,6H,1-3H2,(H,7,8);2,7H,1,4H2,(H,5,6)/t4*5-;2*4-;2-/m0000000/s1. The molecule has 0 bridgehead atoms. The van der Waals surface area contributed by atoms with Gasteiger partial charge in [0.1, 0.15) is 42.3 Å². The number of carboxylic acid groups (broad SMARTS) is 7. The second-order valence-electron chi connectivity index (χ2n) is 14.3. The van der Waals surface area contributed by atoms with Gasteiger partial charge in [0.25, 0.3) is 0 Å². The van der Waals surface area contributed by atoms with Crippen molar-refractivity contribution in [3.63, 3.8) is 0 Å². The third-order valence-electron chi connectivity index (χ3n) is 8.16. The normalized spacial score (nSPS) is 16.9. The average molecular weight is 939 g/mol. The van der Waals surface area contributed by atoms with Crippen molar-refractivity contribution in [2.24, 2.45) is 40.3 Å². The number of nitrogens with one attached hydrogen (secondary N) is 4. The number of aromatic amines is 2. The first-order valence-corrected chi connectivity index (χ1v) is 20.6. The van der Waals surface area contributed by atoms with Crippen LogP contribution < -0.4 is 45.0 Å². The Morgan fingerprint density at radius 2 is 1.00 bits per heavy atom. The Bertz CT molecular complexity index is 1490. The van der Waals surface area contributed by atoms with Gasteiger partial charge in [0.15, 0.2) is 0 Å². The van der Waals surface area contributed by atoms with Crippen molar-refractivity contribution in [1.29, 1.82) is 0 Å². The number of carboxylic acids is 7. The van der Waals surface area contributed by atoms with Crippen molar-refractivity contribution in [3.8, 4) is 0 Å². The number of aliphatic carboxylic acids is 7. The molecule has 23 N–H and O–H groups in total. The molecule has 0 unspecified atom stereocenters. The molecule has 26 nitrogen and oxygen atoms in total. The maximum absolute atomic E-state index is 10.3. The van der Waals surface area contributed by atoms with Crippen LogP contribution in [0.5, 0.6) is 0 Å². The van der Waals surface area contributed by atoms with Gasteiger partial charge in [-0.3, -0.25) is 33.6 Å². The van der Waals surface area contributed by atoms with E-state index in [0.29, 0.717) is 36.7 Å². The van der Waals surface area contributed by atoms with Crippen LogP contribution in [0.2, 0.25) is 0 Å². The predicted molar refractivity (Wildman–Crippen MR) is 236 cm³/mol. The van der Waals surface area contributed by atoms with E-state index in [4.69, 9.17) is 70.1 Å². The molecule has 2 aliphatic heterocycles. The fourth-order valence-corrected chi connectivity index (χ4v) is 4.70. The molecule has 0 aromatic carbocycles. The van der Waals surface area contributed by atoms with E-state index in [9.17, 15) is 33.6 Å². The second kappa shape index (κ2) is 38.2. The fourth-order valence-electron chi connectivity index (χ4n) is 4.54. The predicted octanol–water partition coefficient (Wildman–Crippen LogP) is -2.33. The highest BCUT2D eigenvalue weighted by Crippen LogP contribution is 2.05. The Hall–Kier alpha value is -5.26. The zero-order chi connectivity index (χ0) is 49.8. The van der Waals surface area contributed by atoms with E-state index in [2.05, 4.69) is 43.2 Å². The summed E-state index contributed by atoms with van der Waals surface area (Å²) in [4.78, 5) is 83.9. The van der Waals surface area contributed by atoms with Gasteiger partial charge in [-0.15, -0.1) is 0 Å². The summed E-state index contributed by atoms with van der Waals surface area (Å²) in [5.74, 6) is -5.76. The first kappa shape index (κ1) is 63.0. The summed E-state index contributed by atoms with van der Waals surface area (Å²) in [6.07, 6.45) is 13.0. The van der Waals surface area contributed by atoms with Gasteiger partial charge in [0.2, 0.25) is 0 Å². The summed E-state index contributed by atoms with van der Waals surface area (Å²) in [6, 6.07) is -4.48. The summed E-state index contributed by atoms with van der Waals surface area (Å²) in [6.45, 7) is 6.21. The molecule has 4 heterocycles. The van der Waals surface area contributed by atoms with Gasteiger partial charge in [0.05, 0.1) is 24.0 Å². The Balaban J connectivity index is -0.000000682. The van der Waals surface area contributed by atoms with Crippen LogP contribution in [0.3, 0.4) is 0 Å². The number of imidazole rings is 2. The molecule has 4 rings (SSSR count). The van der Waals surface area contributed by atoms with Crippen LogP contribution in [0.1, 0.15) is 76.6 Å². The van der Waals surface area contributed by atoms with Gasteiger partial charge in [-0.05, 0) is 70.5 Å². The molecule has 368 valence electrons. The van der Waals surface area contributed by atoms with Crippen molar-refractivity contribution in [1.82, 2.24) is 30.6 Å². The summed E-state index contributed by atoms with van der Waals surface area (Å²) >= 11 is 3.65. The van der Waals surface area contributed by atoms with E-state index in [1.165, 1.54) is 12.7 Å². The summed E-state index contributed by atoms with van der Waals surface area (Å²) < 4.78 is 0. The third-order valence-corrected chi connectivity index (χ3v) is 8.56. The first-order valence-electron chi connectivity index (χ1n) is 20.0. The molecule has 27 heteroatoms. The SMILES string of the molecule is CC(C)C[C@H](N)C(=O)O.NCCCC[C@H](N)C(=O)O.N[C@@H](CS)C(=O)O.N[C@@H](Cc1c[nH]cn1)C(=O)O.N[C@@H](Cc1c[nH]cn1)C(=O)O.O=C(O)[C@@H]1CCCN1.O=C(O)[C@@H]1CCCN1. The number of rotatable bonds is 18. The number of unbranched alkanes of at least 4 members (excludes halogenated alkanes) is 1. The van der Waals surface area contributed by atoms with E-state index in [1.807, 2.05) is 13.8 Å². The highest BCUT2D eigenvalue weighted by molar-refractivity contribution is 7.80. The van der Waals surface area contributed by atoms with E-state index in [-0.39, 0.29) is 30.7 Å². The molecule has 0 radical (unpaired) electrons. The molecular formula is C37H70N12O14S. The lowest BCUT2D eigenvalue weighted by Gasteiger charge is -2.07. The number of hydrogen-bond acceptors (Lipinski definition) is 18. The lowest BCUT2D eigenvalue weighted by molar-refractivity contribution is -0.140. The van der Waals surface area contributed by atoms with Crippen LogP contribution in [0.15, 0.2) is 25.0 Å². The van der Waals surface area contributed by atoms with Crippen LogP contribution in [-0.4, -0.2) is 165 Å². The Morgan fingerprint density at radius 3 is 1.19 bits per heavy atom. The maximum atomic E-state index is 10.3. The largest absolute Gasteiger partial charge is 0.480 e. The number of hydrogen-bond donors (Lipinski definition) is 18. The molecule has 0 aliphatic carbocycles. The van der Waals surface area contributed by atoms with Crippen LogP contribution >= 0.6 is 12.6 Å². The highest BCUT2D eigenvalue weighted by atomic mass is 32.1. The van der Waals surface area contributed by atoms with Crippen LogP contribution in [-0.2, 0) is 46.4 Å². The Kier molecular flexibility index (Phi) is 37.6. The molecule has 2 aromatic heterocycles. The smallest absolute Gasteiger partial charge is 0.321 e. The van der Waals surface area contributed by atoms with E-state index < -0.39 is 72.0 Å². The van der Waals surface area contributed by atoms with E-state index in [0.717, 1.165) is 51.6 Å². The highest BCUT2D eigenvalue weighted by Gasteiger charge is 2.21. The number of H-pyrrole nitrogens is 2.